The number of hydrogen-bond acceptors (Lipinski definition) is 4. The van der Waals surface area contributed by atoms with Gasteiger partial charge in [-0.05, 0) is 24.6 Å². The Morgan fingerprint density at radius 2 is 1.50 bits per heavy atom. The molecule has 0 aromatic heterocycles. The number of esters is 2. The molecular formula is C20H28F2O4. The summed E-state index contributed by atoms with van der Waals surface area (Å²) in [4.78, 5) is 23.1. The van der Waals surface area contributed by atoms with Crippen LogP contribution in [0.4, 0.5) is 8.78 Å². The van der Waals surface area contributed by atoms with E-state index in [2.05, 4.69) is 6.92 Å². The third-order valence-corrected chi connectivity index (χ3v) is 3.94. The van der Waals surface area contributed by atoms with Crippen LogP contribution < -0.4 is 0 Å². The van der Waals surface area contributed by atoms with Crippen LogP contribution >= 0.6 is 0 Å². The van der Waals surface area contributed by atoms with Crippen molar-refractivity contribution in [3.05, 3.63) is 35.4 Å². The van der Waals surface area contributed by atoms with Gasteiger partial charge in [-0.1, -0.05) is 45.4 Å². The highest BCUT2D eigenvalue weighted by molar-refractivity contribution is 5.77. The van der Waals surface area contributed by atoms with Crippen LogP contribution in [0.5, 0.6) is 0 Å². The van der Waals surface area contributed by atoms with Crippen molar-refractivity contribution in [2.75, 3.05) is 6.61 Å². The highest BCUT2D eigenvalue weighted by Crippen LogP contribution is 2.12. The lowest BCUT2D eigenvalue weighted by Crippen LogP contribution is -2.11. The maximum absolute atomic E-state index is 13.4. The van der Waals surface area contributed by atoms with Crippen molar-refractivity contribution in [3.8, 4) is 0 Å². The standard InChI is InChI=1S/C20H28F2O4/c1-2-3-4-5-6-7-8-13-25-19(23)11-12-20(24)26-15-16-14-17(21)9-10-18(16)22/h9-10,14H,2-8,11-13,15H2,1H3. The molecule has 0 spiro atoms. The molecule has 0 aliphatic heterocycles. The number of rotatable bonds is 13. The number of hydrogen-bond donors (Lipinski definition) is 0. The predicted octanol–water partition coefficient (Wildman–Crippen LogP) is 5.08. The molecule has 0 atom stereocenters. The summed E-state index contributed by atoms with van der Waals surface area (Å²) in [7, 11) is 0. The molecule has 6 heteroatoms. The van der Waals surface area contributed by atoms with Crippen molar-refractivity contribution in [1.29, 1.82) is 0 Å². The van der Waals surface area contributed by atoms with Crippen LogP contribution in [0.15, 0.2) is 18.2 Å². The van der Waals surface area contributed by atoms with Gasteiger partial charge in [-0.3, -0.25) is 9.59 Å². The van der Waals surface area contributed by atoms with E-state index >= 15 is 0 Å². The van der Waals surface area contributed by atoms with Crippen LogP contribution in [0.2, 0.25) is 0 Å². The average Bonchev–Trinajstić information content (AvgIpc) is 2.63. The van der Waals surface area contributed by atoms with Crippen LogP contribution in [-0.2, 0) is 25.7 Å². The zero-order valence-corrected chi connectivity index (χ0v) is 15.4. The first-order chi connectivity index (χ1) is 12.5. The Kier molecular flexibility index (Phi) is 11.2. The SMILES string of the molecule is CCCCCCCCCOC(=O)CCC(=O)OCc1cc(F)ccc1F. The first kappa shape index (κ1) is 22.1. The van der Waals surface area contributed by atoms with Gasteiger partial charge in [0.05, 0.1) is 19.4 Å². The van der Waals surface area contributed by atoms with Gasteiger partial charge in [-0.15, -0.1) is 0 Å². The van der Waals surface area contributed by atoms with Crippen molar-refractivity contribution >= 4 is 11.9 Å². The molecule has 1 aromatic carbocycles. The lowest BCUT2D eigenvalue weighted by molar-refractivity contribution is -0.151. The normalized spacial score (nSPS) is 10.6. The topological polar surface area (TPSA) is 52.6 Å². The predicted molar refractivity (Wildman–Crippen MR) is 94.3 cm³/mol. The molecule has 0 saturated carbocycles. The smallest absolute Gasteiger partial charge is 0.306 e. The van der Waals surface area contributed by atoms with Crippen LogP contribution in [0.25, 0.3) is 0 Å². The van der Waals surface area contributed by atoms with Crippen LogP contribution in [0.3, 0.4) is 0 Å². The number of halogens is 2. The molecular weight excluding hydrogens is 342 g/mol. The van der Waals surface area contributed by atoms with E-state index in [1.807, 2.05) is 0 Å². The fourth-order valence-electron chi connectivity index (χ4n) is 2.41. The zero-order chi connectivity index (χ0) is 19.2. The molecule has 0 aliphatic carbocycles. The van der Waals surface area contributed by atoms with E-state index in [0.717, 1.165) is 37.5 Å². The first-order valence-electron chi connectivity index (χ1n) is 9.28. The molecule has 0 fully saturated rings. The zero-order valence-electron chi connectivity index (χ0n) is 15.4. The summed E-state index contributed by atoms with van der Waals surface area (Å²) in [6, 6.07) is 2.93. The number of carbonyl (C=O) groups is 2. The summed E-state index contributed by atoms with van der Waals surface area (Å²) in [6.45, 7) is 2.17. The number of benzene rings is 1. The van der Waals surface area contributed by atoms with Gasteiger partial charge in [0.25, 0.3) is 0 Å². The molecule has 0 bridgehead atoms. The van der Waals surface area contributed by atoms with Crippen molar-refractivity contribution < 1.29 is 27.8 Å². The summed E-state index contributed by atoms with van der Waals surface area (Å²) in [5.74, 6) is -2.36. The molecule has 0 amide bonds. The Bertz CT molecular complexity index is 561. The summed E-state index contributed by atoms with van der Waals surface area (Å²) < 4.78 is 36.3. The van der Waals surface area contributed by atoms with Crippen LogP contribution in [0.1, 0.15) is 70.3 Å². The van der Waals surface area contributed by atoms with E-state index in [1.54, 1.807) is 0 Å². The molecule has 4 nitrogen and oxygen atoms in total. The van der Waals surface area contributed by atoms with Crippen molar-refractivity contribution in [2.24, 2.45) is 0 Å². The van der Waals surface area contributed by atoms with E-state index < -0.39 is 23.6 Å². The number of carbonyl (C=O) groups excluding carboxylic acids is 2. The molecule has 0 N–H and O–H groups in total. The quantitative estimate of drug-likeness (QED) is 0.359. The van der Waals surface area contributed by atoms with Gasteiger partial charge in [0.1, 0.15) is 18.2 Å². The maximum Gasteiger partial charge on any atom is 0.306 e. The lowest BCUT2D eigenvalue weighted by atomic mass is 10.1. The Hall–Kier alpha value is -1.98. The van der Waals surface area contributed by atoms with Gasteiger partial charge in [-0.25, -0.2) is 8.78 Å². The molecule has 26 heavy (non-hydrogen) atoms. The van der Waals surface area contributed by atoms with Gasteiger partial charge in [0, 0.05) is 5.56 Å². The van der Waals surface area contributed by atoms with Gasteiger partial charge >= 0.3 is 11.9 Å². The highest BCUT2D eigenvalue weighted by atomic mass is 19.1. The second-order valence-corrected chi connectivity index (χ2v) is 6.24. The fourth-order valence-corrected chi connectivity index (χ4v) is 2.41. The fraction of sp³-hybridized carbons (Fsp3) is 0.600. The third-order valence-electron chi connectivity index (χ3n) is 3.94. The van der Waals surface area contributed by atoms with Crippen LogP contribution in [-0.4, -0.2) is 18.5 Å². The van der Waals surface area contributed by atoms with Crippen molar-refractivity contribution in [1.82, 2.24) is 0 Å². The summed E-state index contributed by atoms with van der Waals surface area (Å²) >= 11 is 0. The molecule has 0 unspecified atom stereocenters. The molecule has 0 saturated heterocycles. The largest absolute Gasteiger partial charge is 0.466 e. The van der Waals surface area contributed by atoms with E-state index in [1.165, 1.54) is 25.7 Å². The van der Waals surface area contributed by atoms with E-state index in [0.29, 0.717) is 6.61 Å². The molecule has 1 aromatic rings. The lowest BCUT2D eigenvalue weighted by Gasteiger charge is -2.07. The summed E-state index contributed by atoms with van der Waals surface area (Å²) in [5.41, 5.74) is -0.0418. The minimum atomic E-state index is -0.651. The Morgan fingerprint density at radius 3 is 2.19 bits per heavy atom. The van der Waals surface area contributed by atoms with Crippen LogP contribution in [0, 0.1) is 11.6 Å². The molecule has 0 aliphatic rings. The van der Waals surface area contributed by atoms with Crippen molar-refractivity contribution in [2.45, 2.75) is 71.3 Å². The van der Waals surface area contributed by atoms with E-state index in [-0.39, 0.29) is 25.0 Å². The summed E-state index contributed by atoms with van der Waals surface area (Å²) in [6.07, 6.45) is 7.69. The molecule has 146 valence electrons. The second-order valence-electron chi connectivity index (χ2n) is 6.24. The van der Waals surface area contributed by atoms with Crippen molar-refractivity contribution in [3.63, 3.8) is 0 Å². The molecule has 0 radical (unpaired) electrons. The Labute approximate surface area is 153 Å². The minimum absolute atomic E-state index is 0.0418. The molecule has 0 heterocycles. The number of ether oxygens (including phenoxy) is 2. The highest BCUT2D eigenvalue weighted by Gasteiger charge is 2.11. The minimum Gasteiger partial charge on any atom is -0.466 e. The van der Waals surface area contributed by atoms with Gasteiger partial charge < -0.3 is 9.47 Å². The monoisotopic (exact) mass is 370 g/mol. The Balaban J connectivity index is 2.07. The van der Waals surface area contributed by atoms with E-state index in [9.17, 15) is 18.4 Å². The first-order valence-corrected chi connectivity index (χ1v) is 9.28. The third kappa shape index (κ3) is 10.1. The Morgan fingerprint density at radius 1 is 0.885 bits per heavy atom. The average molecular weight is 370 g/mol. The van der Waals surface area contributed by atoms with Gasteiger partial charge in [-0.2, -0.15) is 0 Å². The molecule has 1 rings (SSSR count). The van der Waals surface area contributed by atoms with Gasteiger partial charge in [0.15, 0.2) is 0 Å². The second kappa shape index (κ2) is 13.3. The summed E-state index contributed by atoms with van der Waals surface area (Å²) in [5, 5.41) is 0. The van der Waals surface area contributed by atoms with Gasteiger partial charge in [0.2, 0.25) is 0 Å². The number of unbranched alkanes of at least 4 members (excludes halogenated alkanes) is 6. The maximum atomic E-state index is 13.4. The van der Waals surface area contributed by atoms with E-state index in [4.69, 9.17) is 9.47 Å².